The lowest BCUT2D eigenvalue weighted by molar-refractivity contribution is -0.137. The SMILES string of the molecule is FC(F)(F)c1ccc2c(c1)C(C1CCCNC1)CCN2. The van der Waals surface area contributed by atoms with Crippen molar-refractivity contribution in [3.8, 4) is 0 Å². The summed E-state index contributed by atoms with van der Waals surface area (Å²) in [5.41, 5.74) is 1.19. The highest BCUT2D eigenvalue weighted by Gasteiger charge is 2.34. The predicted molar refractivity (Wildman–Crippen MR) is 72.9 cm³/mol. The number of rotatable bonds is 1. The monoisotopic (exact) mass is 284 g/mol. The van der Waals surface area contributed by atoms with E-state index >= 15 is 0 Å². The number of halogens is 3. The van der Waals surface area contributed by atoms with Gasteiger partial charge in [-0.15, -0.1) is 0 Å². The summed E-state index contributed by atoms with van der Waals surface area (Å²) in [4.78, 5) is 0. The average Bonchev–Trinajstić information content (AvgIpc) is 2.46. The van der Waals surface area contributed by atoms with E-state index in [9.17, 15) is 13.2 Å². The van der Waals surface area contributed by atoms with Crippen molar-refractivity contribution in [1.29, 1.82) is 0 Å². The Morgan fingerprint density at radius 1 is 1.10 bits per heavy atom. The van der Waals surface area contributed by atoms with E-state index in [0.29, 0.717) is 5.92 Å². The summed E-state index contributed by atoms with van der Waals surface area (Å²) in [6, 6.07) is 4.11. The third-order valence-corrected chi connectivity index (χ3v) is 4.45. The second-order valence-corrected chi connectivity index (χ2v) is 5.73. The van der Waals surface area contributed by atoms with Crippen molar-refractivity contribution in [2.45, 2.75) is 31.4 Å². The minimum absolute atomic E-state index is 0.237. The van der Waals surface area contributed by atoms with Crippen molar-refractivity contribution in [3.63, 3.8) is 0 Å². The fourth-order valence-corrected chi connectivity index (χ4v) is 3.44. The van der Waals surface area contributed by atoms with Gasteiger partial charge in [0, 0.05) is 12.2 Å². The first-order valence-electron chi connectivity index (χ1n) is 7.21. The van der Waals surface area contributed by atoms with Gasteiger partial charge in [-0.25, -0.2) is 0 Å². The number of anilines is 1. The van der Waals surface area contributed by atoms with E-state index in [0.717, 1.165) is 50.1 Å². The Hall–Kier alpha value is -1.23. The van der Waals surface area contributed by atoms with Crippen LogP contribution in [0.3, 0.4) is 0 Å². The molecule has 2 N–H and O–H groups in total. The van der Waals surface area contributed by atoms with Crippen LogP contribution in [0.1, 0.15) is 36.3 Å². The van der Waals surface area contributed by atoms with E-state index in [4.69, 9.17) is 0 Å². The fourth-order valence-electron chi connectivity index (χ4n) is 3.44. The van der Waals surface area contributed by atoms with Crippen LogP contribution in [-0.2, 0) is 6.18 Å². The van der Waals surface area contributed by atoms with Gasteiger partial charge in [-0.3, -0.25) is 0 Å². The van der Waals surface area contributed by atoms with E-state index in [2.05, 4.69) is 10.6 Å². The Morgan fingerprint density at radius 3 is 2.65 bits per heavy atom. The molecule has 1 saturated heterocycles. The van der Waals surface area contributed by atoms with Crippen molar-refractivity contribution in [3.05, 3.63) is 29.3 Å². The Labute approximate surface area is 116 Å². The molecular formula is C15H19F3N2. The summed E-state index contributed by atoms with van der Waals surface area (Å²) < 4.78 is 38.7. The van der Waals surface area contributed by atoms with Gasteiger partial charge in [-0.1, -0.05) is 0 Å². The van der Waals surface area contributed by atoms with Gasteiger partial charge in [0.2, 0.25) is 0 Å². The lowest BCUT2D eigenvalue weighted by atomic mass is 9.77. The Balaban J connectivity index is 1.93. The van der Waals surface area contributed by atoms with Crippen molar-refractivity contribution in [2.24, 2.45) is 5.92 Å². The first-order chi connectivity index (χ1) is 9.55. The lowest BCUT2D eigenvalue weighted by Gasteiger charge is -2.35. The van der Waals surface area contributed by atoms with Crippen LogP contribution in [0.15, 0.2) is 18.2 Å². The van der Waals surface area contributed by atoms with Gasteiger partial charge in [0.15, 0.2) is 0 Å². The number of piperidine rings is 1. The molecule has 0 saturated carbocycles. The largest absolute Gasteiger partial charge is 0.416 e. The van der Waals surface area contributed by atoms with Crippen LogP contribution < -0.4 is 10.6 Å². The molecule has 5 heteroatoms. The third kappa shape index (κ3) is 2.64. The molecule has 2 aliphatic rings. The summed E-state index contributed by atoms with van der Waals surface area (Å²) in [6.07, 6.45) is -1.13. The Bertz CT molecular complexity index is 478. The minimum Gasteiger partial charge on any atom is -0.385 e. The highest BCUT2D eigenvalue weighted by atomic mass is 19.4. The molecule has 1 fully saturated rings. The molecule has 2 nitrogen and oxygen atoms in total. The zero-order valence-corrected chi connectivity index (χ0v) is 11.3. The van der Waals surface area contributed by atoms with Crippen LogP contribution in [0, 0.1) is 5.92 Å². The Kier molecular flexibility index (Phi) is 3.63. The molecule has 0 radical (unpaired) electrons. The molecule has 1 aromatic carbocycles. The normalized spacial score (nSPS) is 26.8. The summed E-state index contributed by atoms with van der Waals surface area (Å²) in [6.45, 7) is 2.79. The lowest BCUT2D eigenvalue weighted by Crippen LogP contribution is -2.35. The van der Waals surface area contributed by atoms with Crippen LogP contribution in [0.25, 0.3) is 0 Å². The molecule has 2 unspecified atom stereocenters. The standard InChI is InChI=1S/C15H19F3N2/c16-15(17,18)11-3-4-14-13(8-11)12(5-7-20-14)10-2-1-6-19-9-10/h3-4,8,10,12,19-20H,1-2,5-7,9H2. The molecule has 1 aromatic rings. The summed E-state index contributed by atoms with van der Waals surface area (Å²) in [7, 11) is 0. The quantitative estimate of drug-likeness (QED) is 0.823. The van der Waals surface area contributed by atoms with Crippen LogP contribution in [-0.4, -0.2) is 19.6 Å². The molecule has 3 rings (SSSR count). The van der Waals surface area contributed by atoms with Crippen LogP contribution in [0.4, 0.5) is 18.9 Å². The molecule has 110 valence electrons. The smallest absolute Gasteiger partial charge is 0.385 e. The zero-order chi connectivity index (χ0) is 14.2. The molecule has 2 aliphatic heterocycles. The molecule has 0 spiro atoms. The molecular weight excluding hydrogens is 265 g/mol. The molecule has 20 heavy (non-hydrogen) atoms. The highest BCUT2D eigenvalue weighted by Crippen LogP contribution is 2.41. The van der Waals surface area contributed by atoms with Crippen LogP contribution in [0.5, 0.6) is 0 Å². The molecule has 0 aromatic heterocycles. The number of nitrogens with one attached hydrogen (secondary N) is 2. The first kappa shape index (κ1) is 13.7. The Morgan fingerprint density at radius 2 is 1.95 bits per heavy atom. The van der Waals surface area contributed by atoms with Gasteiger partial charge in [-0.2, -0.15) is 13.2 Å². The summed E-state index contributed by atoms with van der Waals surface area (Å²) in [5.74, 6) is 0.689. The van der Waals surface area contributed by atoms with Gasteiger partial charge < -0.3 is 10.6 Å². The number of hydrogen-bond donors (Lipinski definition) is 2. The van der Waals surface area contributed by atoms with Gasteiger partial charge in [0.05, 0.1) is 5.56 Å². The zero-order valence-electron chi connectivity index (χ0n) is 11.3. The van der Waals surface area contributed by atoms with Crippen LogP contribution >= 0.6 is 0 Å². The van der Waals surface area contributed by atoms with Crippen molar-refractivity contribution in [1.82, 2.24) is 5.32 Å². The molecule has 0 bridgehead atoms. The number of benzene rings is 1. The van der Waals surface area contributed by atoms with E-state index < -0.39 is 11.7 Å². The number of fused-ring (bicyclic) bond motifs is 1. The van der Waals surface area contributed by atoms with E-state index in [1.165, 1.54) is 12.1 Å². The van der Waals surface area contributed by atoms with E-state index in [-0.39, 0.29) is 5.92 Å². The predicted octanol–water partition coefficient (Wildman–Crippen LogP) is 3.60. The van der Waals surface area contributed by atoms with Gasteiger partial charge in [0.1, 0.15) is 0 Å². The van der Waals surface area contributed by atoms with Gasteiger partial charge in [0.25, 0.3) is 0 Å². The summed E-state index contributed by atoms with van der Waals surface area (Å²) in [5, 5.41) is 6.59. The molecule has 0 aliphatic carbocycles. The fraction of sp³-hybridized carbons (Fsp3) is 0.600. The first-order valence-corrected chi connectivity index (χ1v) is 7.21. The maximum Gasteiger partial charge on any atom is 0.416 e. The van der Waals surface area contributed by atoms with Crippen LogP contribution in [0.2, 0.25) is 0 Å². The average molecular weight is 284 g/mol. The van der Waals surface area contributed by atoms with Gasteiger partial charge in [-0.05, 0) is 68.0 Å². The second kappa shape index (κ2) is 5.28. The van der Waals surface area contributed by atoms with Gasteiger partial charge >= 0.3 is 6.18 Å². The van der Waals surface area contributed by atoms with E-state index in [1.54, 1.807) is 6.07 Å². The third-order valence-electron chi connectivity index (χ3n) is 4.45. The minimum atomic E-state index is -4.26. The maximum atomic E-state index is 12.9. The molecule has 2 heterocycles. The van der Waals surface area contributed by atoms with Crippen molar-refractivity contribution >= 4 is 5.69 Å². The van der Waals surface area contributed by atoms with E-state index in [1.807, 2.05) is 0 Å². The number of alkyl halides is 3. The van der Waals surface area contributed by atoms with Crippen molar-refractivity contribution in [2.75, 3.05) is 25.0 Å². The number of hydrogen-bond acceptors (Lipinski definition) is 2. The second-order valence-electron chi connectivity index (χ2n) is 5.73. The molecule has 0 amide bonds. The topological polar surface area (TPSA) is 24.1 Å². The van der Waals surface area contributed by atoms with Crippen molar-refractivity contribution < 1.29 is 13.2 Å². The summed E-state index contributed by atoms with van der Waals surface area (Å²) >= 11 is 0. The molecule has 2 atom stereocenters. The maximum absolute atomic E-state index is 12.9. The highest BCUT2D eigenvalue weighted by molar-refractivity contribution is 5.56.